The third-order valence-corrected chi connectivity index (χ3v) is 4.39. The number of hydrogen-bond acceptors (Lipinski definition) is 5. The molecule has 1 aromatic carbocycles. The maximum Gasteiger partial charge on any atom is 0.240 e. The Hall–Kier alpha value is -1.93. The summed E-state index contributed by atoms with van der Waals surface area (Å²) in [4.78, 5) is 0.228. The highest BCUT2D eigenvalue weighted by atomic mass is 32.2. The topological polar surface area (TPSA) is 88.9 Å². The lowest BCUT2D eigenvalue weighted by Gasteiger charge is -2.08. The summed E-state index contributed by atoms with van der Waals surface area (Å²) in [6.07, 6.45) is 2.54. The van der Waals surface area contributed by atoms with E-state index in [1.807, 2.05) is 0 Å². The van der Waals surface area contributed by atoms with Gasteiger partial charge >= 0.3 is 0 Å². The summed E-state index contributed by atoms with van der Waals surface area (Å²) in [6.45, 7) is 3.04. The van der Waals surface area contributed by atoms with Crippen molar-refractivity contribution in [3.8, 4) is 0 Å². The van der Waals surface area contributed by atoms with Gasteiger partial charge < -0.3 is 9.88 Å². The van der Waals surface area contributed by atoms with Gasteiger partial charge in [-0.05, 0) is 30.7 Å². The molecule has 21 heavy (non-hydrogen) atoms. The Morgan fingerprint density at radius 1 is 1.24 bits per heavy atom. The number of nitrogens with one attached hydrogen (secondary N) is 2. The van der Waals surface area contributed by atoms with Crippen LogP contribution in [-0.4, -0.2) is 29.7 Å². The summed E-state index contributed by atoms with van der Waals surface area (Å²) < 4.78 is 28.5. The van der Waals surface area contributed by atoms with Gasteiger partial charge in [-0.3, -0.25) is 0 Å². The Bertz CT molecular complexity index is 679. The minimum atomic E-state index is -3.55. The van der Waals surface area contributed by atoms with Gasteiger partial charge in [-0.25, -0.2) is 13.1 Å². The third kappa shape index (κ3) is 4.02. The van der Waals surface area contributed by atoms with Crippen LogP contribution in [-0.2, 0) is 23.6 Å². The first-order valence-corrected chi connectivity index (χ1v) is 8.17. The van der Waals surface area contributed by atoms with Crippen LogP contribution >= 0.6 is 0 Å². The molecule has 0 saturated carbocycles. The molecule has 2 aromatic rings. The van der Waals surface area contributed by atoms with E-state index in [9.17, 15) is 8.42 Å². The number of benzene rings is 1. The van der Waals surface area contributed by atoms with Gasteiger partial charge in [0.05, 0.1) is 11.4 Å². The fourth-order valence-corrected chi connectivity index (χ4v) is 2.71. The second-order valence-corrected chi connectivity index (χ2v) is 6.40. The summed E-state index contributed by atoms with van der Waals surface area (Å²) in [6, 6.07) is 6.67. The van der Waals surface area contributed by atoms with Gasteiger partial charge in [-0.15, -0.1) is 10.2 Å². The van der Waals surface area contributed by atoms with Crippen molar-refractivity contribution in [2.24, 2.45) is 7.05 Å². The minimum absolute atomic E-state index is 0.106. The quantitative estimate of drug-likeness (QED) is 0.800. The zero-order valence-corrected chi connectivity index (χ0v) is 12.9. The lowest BCUT2D eigenvalue weighted by atomic mass is 10.3. The van der Waals surface area contributed by atoms with Gasteiger partial charge in [-0.1, -0.05) is 6.92 Å². The van der Waals surface area contributed by atoms with Crippen LogP contribution in [0.2, 0.25) is 0 Å². The van der Waals surface area contributed by atoms with Crippen LogP contribution in [0.25, 0.3) is 0 Å². The molecule has 0 fully saturated rings. The minimum Gasteiger partial charge on any atom is -0.385 e. The molecule has 0 radical (unpaired) electrons. The molecule has 1 aromatic heterocycles. The number of rotatable bonds is 7. The van der Waals surface area contributed by atoms with Crippen molar-refractivity contribution in [2.45, 2.75) is 24.8 Å². The number of aryl methyl sites for hydroxylation is 1. The molecule has 114 valence electrons. The molecule has 2 N–H and O–H groups in total. The summed E-state index contributed by atoms with van der Waals surface area (Å²) in [5.41, 5.74) is 0.907. The van der Waals surface area contributed by atoms with Crippen LogP contribution in [0.15, 0.2) is 35.5 Å². The van der Waals surface area contributed by atoms with E-state index >= 15 is 0 Å². The highest BCUT2D eigenvalue weighted by Crippen LogP contribution is 2.14. The lowest BCUT2D eigenvalue weighted by Crippen LogP contribution is -2.24. The second-order valence-electron chi connectivity index (χ2n) is 4.63. The van der Waals surface area contributed by atoms with Gasteiger partial charge in [-0.2, -0.15) is 0 Å². The second kappa shape index (κ2) is 6.68. The average Bonchev–Trinajstić information content (AvgIpc) is 2.89. The smallest absolute Gasteiger partial charge is 0.240 e. The Balaban J connectivity index is 2.03. The van der Waals surface area contributed by atoms with Crippen LogP contribution in [0, 0.1) is 0 Å². The van der Waals surface area contributed by atoms with Crippen LogP contribution in [0.1, 0.15) is 19.2 Å². The van der Waals surface area contributed by atoms with E-state index in [1.165, 1.54) is 6.33 Å². The van der Waals surface area contributed by atoms with Crippen LogP contribution in [0.5, 0.6) is 0 Å². The van der Waals surface area contributed by atoms with Crippen molar-refractivity contribution in [2.75, 3.05) is 11.9 Å². The predicted octanol–water partition coefficient (Wildman–Crippen LogP) is 1.12. The molecule has 0 unspecified atom stereocenters. The van der Waals surface area contributed by atoms with E-state index in [1.54, 1.807) is 35.9 Å². The van der Waals surface area contributed by atoms with Gasteiger partial charge in [0.2, 0.25) is 10.0 Å². The predicted molar refractivity (Wildman–Crippen MR) is 80.3 cm³/mol. The third-order valence-electron chi connectivity index (χ3n) is 2.97. The molecule has 0 amide bonds. The van der Waals surface area contributed by atoms with Gasteiger partial charge in [0.25, 0.3) is 0 Å². The number of nitrogens with zero attached hydrogens (tertiary/aromatic N) is 3. The molecule has 0 aliphatic rings. The first-order valence-electron chi connectivity index (χ1n) is 6.69. The van der Waals surface area contributed by atoms with E-state index in [0.29, 0.717) is 5.82 Å². The molecule has 7 nitrogen and oxygen atoms in total. The van der Waals surface area contributed by atoms with Crippen molar-refractivity contribution in [3.05, 3.63) is 36.4 Å². The summed E-state index contributed by atoms with van der Waals surface area (Å²) in [5, 5.41) is 10.7. The average molecular weight is 309 g/mol. The standard InChI is InChI=1S/C13H19N5O2S/c1-3-8-14-11-4-6-12(7-5-11)21(19,20)16-9-13-17-15-10-18(13)2/h4-7,10,14,16H,3,8-9H2,1-2H3. The van der Waals surface area contributed by atoms with E-state index < -0.39 is 10.0 Å². The van der Waals surface area contributed by atoms with Gasteiger partial charge in [0, 0.05) is 19.3 Å². The molecule has 8 heteroatoms. The van der Waals surface area contributed by atoms with Gasteiger partial charge in [0.15, 0.2) is 0 Å². The Kier molecular flexibility index (Phi) is 4.92. The van der Waals surface area contributed by atoms with E-state index in [2.05, 4.69) is 27.2 Å². The van der Waals surface area contributed by atoms with Crippen molar-refractivity contribution >= 4 is 15.7 Å². The Morgan fingerprint density at radius 2 is 1.95 bits per heavy atom. The number of aromatic nitrogens is 3. The molecule has 2 rings (SSSR count). The largest absolute Gasteiger partial charge is 0.385 e. The zero-order chi connectivity index (χ0) is 15.3. The summed E-state index contributed by atoms with van der Waals surface area (Å²) in [5.74, 6) is 0.555. The van der Waals surface area contributed by atoms with Crippen molar-refractivity contribution in [1.29, 1.82) is 0 Å². The highest BCUT2D eigenvalue weighted by Gasteiger charge is 2.14. The number of anilines is 1. The first kappa shape index (κ1) is 15.5. The molecule has 0 aliphatic heterocycles. The molecule has 0 bridgehead atoms. The zero-order valence-electron chi connectivity index (χ0n) is 12.1. The molecule has 0 spiro atoms. The monoisotopic (exact) mass is 309 g/mol. The summed E-state index contributed by atoms with van der Waals surface area (Å²) in [7, 11) is -1.79. The fraction of sp³-hybridized carbons (Fsp3) is 0.385. The summed E-state index contributed by atoms with van der Waals surface area (Å²) >= 11 is 0. The van der Waals surface area contributed by atoms with Crippen molar-refractivity contribution < 1.29 is 8.42 Å². The SMILES string of the molecule is CCCNc1ccc(S(=O)(=O)NCc2nncn2C)cc1. The first-order chi connectivity index (χ1) is 10.0. The molecular formula is C13H19N5O2S. The van der Waals surface area contributed by atoms with Crippen LogP contribution < -0.4 is 10.0 Å². The molecule has 1 heterocycles. The van der Waals surface area contributed by atoms with Crippen molar-refractivity contribution in [1.82, 2.24) is 19.5 Å². The molecule has 0 aliphatic carbocycles. The van der Waals surface area contributed by atoms with Gasteiger partial charge in [0.1, 0.15) is 12.2 Å². The highest BCUT2D eigenvalue weighted by molar-refractivity contribution is 7.89. The van der Waals surface area contributed by atoms with Crippen molar-refractivity contribution in [3.63, 3.8) is 0 Å². The van der Waals surface area contributed by atoms with Crippen LogP contribution in [0.4, 0.5) is 5.69 Å². The maximum absolute atomic E-state index is 12.2. The lowest BCUT2D eigenvalue weighted by molar-refractivity contribution is 0.577. The fourth-order valence-electron chi connectivity index (χ4n) is 1.73. The number of sulfonamides is 1. The molecular weight excluding hydrogens is 290 g/mol. The van der Waals surface area contributed by atoms with Crippen LogP contribution in [0.3, 0.4) is 0 Å². The number of hydrogen-bond donors (Lipinski definition) is 2. The van der Waals surface area contributed by atoms with E-state index in [0.717, 1.165) is 18.7 Å². The van der Waals surface area contributed by atoms with E-state index in [4.69, 9.17) is 0 Å². The molecule has 0 atom stereocenters. The molecule has 0 saturated heterocycles. The Labute approximate surface area is 124 Å². The Morgan fingerprint density at radius 3 is 2.52 bits per heavy atom. The van der Waals surface area contributed by atoms with E-state index in [-0.39, 0.29) is 11.4 Å². The maximum atomic E-state index is 12.2. The normalized spacial score (nSPS) is 11.5.